The normalized spacial score (nSPS) is 33.1. The predicted octanol–water partition coefficient (Wildman–Crippen LogP) is 5.01. The first-order valence-electron chi connectivity index (χ1n) is 7.90. The lowest BCUT2D eigenvalue weighted by Gasteiger charge is -2.40. The largest absolute Gasteiger partial charge is 0.298 e. The summed E-state index contributed by atoms with van der Waals surface area (Å²) in [7, 11) is 0. The number of hydrogen-bond acceptors (Lipinski definition) is 1. The standard InChI is InChI=1S/C18H25ClFN/c1-17(2)8-15-9-18(3,11-17)12-21(15)10-16(19)13-4-6-14(20)7-5-13/h4-7,15-16H,8-12H2,1-3H3. The average molecular weight is 310 g/mol. The molecule has 1 aliphatic heterocycles. The second-order valence-electron chi connectivity index (χ2n) is 8.16. The molecular formula is C18H25ClFN. The van der Waals surface area contributed by atoms with Crippen molar-refractivity contribution in [1.82, 2.24) is 4.90 Å². The van der Waals surface area contributed by atoms with Crippen molar-refractivity contribution in [2.24, 2.45) is 10.8 Å². The Morgan fingerprint density at radius 1 is 1.24 bits per heavy atom. The van der Waals surface area contributed by atoms with Crippen molar-refractivity contribution in [3.05, 3.63) is 35.6 Å². The van der Waals surface area contributed by atoms with Crippen LogP contribution >= 0.6 is 11.6 Å². The van der Waals surface area contributed by atoms with Crippen molar-refractivity contribution in [3.8, 4) is 0 Å². The van der Waals surface area contributed by atoms with E-state index in [9.17, 15) is 4.39 Å². The van der Waals surface area contributed by atoms with E-state index in [0.717, 1.165) is 18.7 Å². The van der Waals surface area contributed by atoms with Gasteiger partial charge in [-0.25, -0.2) is 4.39 Å². The molecular weight excluding hydrogens is 285 g/mol. The maximum Gasteiger partial charge on any atom is 0.123 e. The SMILES string of the molecule is CC1(C)CC2CC(C)(CN2CC(Cl)c2ccc(F)cc2)C1. The smallest absolute Gasteiger partial charge is 0.123 e. The maximum atomic E-state index is 13.0. The van der Waals surface area contributed by atoms with Gasteiger partial charge >= 0.3 is 0 Å². The number of benzene rings is 1. The van der Waals surface area contributed by atoms with Crippen LogP contribution in [0.1, 0.15) is 51.0 Å². The number of halogens is 2. The van der Waals surface area contributed by atoms with Crippen LogP contribution in [0.2, 0.25) is 0 Å². The minimum absolute atomic E-state index is 0.0586. The van der Waals surface area contributed by atoms with Gasteiger partial charge in [-0.05, 0) is 47.8 Å². The molecule has 3 rings (SSSR count). The Morgan fingerprint density at radius 2 is 1.90 bits per heavy atom. The van der Waals surface area contributed by atoms with Gasteiger partial charge in [-0.3, -0.25) is 4.90 Å². The summed E-state index contributed by atoms with van der Waals surface area (Å²) in [5.41, 5.74) is 1.89. The topological polar surface area (TPSA) is 3.24 Å². The van der Waals surface area contributed by atoms with Gasteiger partial charge in [0, 0.05) is 19.1 Å². The van der Waals surface area contributed by atoms with Crippen LogP contribution in [0.3, 0.4) is 0 Å². The lowest BCUT2D eigenvalue weighted by molar-refractivity contribution is 0.127. The van der Waals surface area contributed by atoms with Gasteiger partial charge in [0.05, 0.1) is 5.38 Å². The van der Waals surface area contributed by atoms with Crippen LogP contribution in [0, 0.1) is 16.6 Å². The lowest BCUT2D eigenvalue weighted by atomic mass is 9.65. The summed E-state index contributed by atoms with van der Waals surface area (Å²) >= 11 is 6.58. The third kappa shape index (κ3) is 3.27. The quantitative estimate of drug-likeness (QED) is 0.710. The van der Waals surface area contributed by atoms with Crippen LogP contribution in [-0.2, 0) is 0 Å². The van der Waals surface area contributed by atoms with Crippen molar-refractivity contribution in [1.29, 1.82) is 0 Å². The summed E-state index contributed by atoms with van der Waals surface area (Å²) in [6.45, 7) is 9.20. The van der Waals surface area contributed by atoms with Crippen molar-refractivity contribution in [3.63, 3.8) is 0 Å². The zero-order valence-electron chi connectivity index (χ0n) is 13.2. The molecule has 2 aliphatic rings. The fourth-order valence-corrected chi connectivity index (χ4v) is 5.10. The molecule has 0 radical (unpaired) electrons. The molecule has 3 atom stereocenters. The van der Waals surface area contributed by atoms with Crippen LogP contribution in [0.25, 0.3) is 0 Å². The van der Waals surface area contributed by atoms with E-state index < -0.39 is 0 Å². The first kappa shape index (κ1) is 15.3. The maximum absolute atomic E-state index is 13.0. The Bertz CT molecular complexity index is 512. The minimum atomic E-state index is -0.200. The molecule has 1 saturated heterocycles. The second-order valence-corrected chi connectivity index (χ2v) is 8.69. The first-order valence-corrected chi connectivity index (χ1v) is 8.34. The van der Waals surface area contributed by atoms with Gasteiger partial charge in [-0.2, -0.15) is 0 Å². The van der Waals surface area contributed by atoms with E-state index >= 15 is 0 Å². The van der Waals surface area contributed by atoms with Crippen LogP contribution in [0.4, 0.5) is 4.39 Å². The van der Waals surface area contributed by atoms with Gasteiger partial charge in [-0.15, -0.1) is 11.6 Å². The van der Waals surface area contributed by atoms with Gasteiger partial charge in [0.15, 0.2) is 0 Å². The summed E-state index contributed by atoms with van der Waals surface area (Å²) in [4.78, 5) is 2.57. The van der Waals surface area contributed by atoms with E-state index in [0.29, 0.717) is 16.9 Å². The lowest BCUT2D eigenvalue weighted by Crippen LogP contribution is -2.35. The fourth-order valence-electron chi connectivity index (χ4n) is 4.77. The van der Waals surface area contributed by atoms with Crippen molar-refractivity contribution in [2.45, 2.75) is 51.5 Å². The highest BCUT2D eigenvalue weighted by Gasteiger charge is 2.49. The second kappa shape index (κ2) is 5.24. The van der Waals surface area contributed by atoms with Gasteiger partial charge in [0.2, 0.25) is 0 Å². The number of hydrogen-bond donors (Lipinski definition) is 0. The summed E-state index contributed by atoms with van der Waals surface area (Å²) in [6, 6.07) is 7.26. The molecule has 2 fully saturated rings. The first-order chi connectivity index (χ1) is 9.76. The molecule has 1 heterocycles. The number of likely N-dealkylation sites (tertiary alicyclic amines) is 1. The van der Waals surface area contributed by atoms with E-state index in [1.165, 1.54) is 31.4 Å². The Hall–Kier alpha value is -0.600. The van der Waals surface area contributed by atoms with Crippen LogP contribution < -0.4 is 0 Å². The monoisotopic (exact) mass is 309 g/mol. The summed E-state index contributed by atoms with van der Waals surface area (Å²) < 4.78 is 13.0. The van der Waals surface area contributed by atoms with E-state index in [-0.39, 0.29) is 11.2 Å². The summed E-state index contributed by atoms with van der Waals surface area (Å²) in [6.07, 6.45) is 3.86. The van der Waals surface area contributed by atoms with Crippen molar-refractivity contribution < 1.29 is 4.39 Å². The summed E-state index contributed by atoms with van der Waals surface area (Å²) in [5.74, 6) is -0.200. The van der Waals surface area contributed by atoms with Crippen molar-refractivity contribution >= 4 is 11.6 Å². The van der Waals surface area contributed by atoms with Gasteiger partial charge in [0.25, 0.3) is 0 Å². The average Bonchev–Trinajstić information content (AvgIpc) is 2.58. The van der Waals surface area contributed by atoms with E-state index in [1.807, 2.05) is 0 Å². The molecule has 1 aliphatic carbocycles. The molecule has 116 valence electrons. The molecule has 0 N–H and O–H groups in total. The highest BCUT2D eigenvalue weighted by molar-refractivity contribution is 6.21. The number of alkyl halides is 1. The number of rotatable bonds is 3. The molecule has 3 heteroatoms. The number of fused-ring (bicyclic) bond motifs is 2. The van der Waals surface area contributed by atoms with Gasteiger partial charge in [0.1, 0.15) is 5.82 Å². The van der Waals surface area contributed by atoms with Crippen molar-refractivity contribution in [2.75, 3.05) is 13.1 Å². The third-order valence-corrected chi connectivity index (χ3v) is 5.54. The van der Waals surface area contributed by atoms with E-state index in [2.05, 4.69) is 25.7 Å². The highest BCUT2D eigenvalue weighted by atomic mass is 35.5. The van der Waals surface area contributed by atoms with Crippen LogP contribution in [-0.4, -0.2) is 24.0 Å². The molecule has 0 spiro atoms. The minimum Gasteiger partial charge on any atom is -0.298 e. The Balaban J connectivity index is 1.70. The molecule has 0 amide bonds. The molecule has 0 aromatic heterocycles. The highest BCUT2D eigenvalue weighted by Crippen LogP contribution is 2.52. The number of nitrogens with zero attached hydrogens (tertiary/aromatic N) is 1. The molecule has 3 unspecified atom stereocenters. The Kier molecular flexibility index (Phi) is 3.82. The van der Waals surface area contributed by atoms with E-state index in [4.69, 9.17) is 11.6 Å². The zero-order chi connectivity index (χ0) is 15.3. The molecule has 1 nitrogen and oxygen atoms in total. The van der Waals surface area contributed by atoms with Gasteiger partial charge < -0.3 is 0 Å². The van der Waals surface area contributed by atoms with Crippen LogP contribution in [0.5, 0.6) is 0 Å². The molecule has 2 bridgehead atoms. The predicted molar refractivity (Wildman–Crippen MR) is 86.1 cm³/mol. The Morgan fingerprint density at radius 3 is 2.57 bits per heavy atom. The van der Waals surface area contributed by atoms with E-state index in [1.54, 1.807) is 12.1 Å². The fraction of sp³-hybridized carbons (Fsp3) is 0.667. The Labute approximate surface area is 132 Å². The molecule has 1 aromatic rings. The summed E-state index contributed by atoms with van der Waals surface area (Å²) in [5, 5.41) is -0.0586. The third-order valence-electron chi connectivity index (χ3n) is 5.15. The molecule has 1 saturated carbocycles. The van der Waals surface area contributed by atoms with Gasteiger partial charge in [-0.1, -0.05) is 32.9 Å². The van der Waals surface area contributed by atoms with Crippen LogP contribution in [0.15, 0.2) is 24.3 Å². The zero-order valence-corrected chi connectivity index (χ0v) is 14.0. The molecule has 21 heavy (non-hydrogen) atoms. The molecule has 1 aromatic carbocycles.